The summed E-state index contributed by atoms with van der Waals surface area (Å²) < 4.78 is 86.0. The third-order valence-corrected chi connectivity index (χ3v) is 25.0. The molecular weight excluding hydrogens is 1310 g/mol. The van der Waals surface area contributed by atoms with Gasteiger partial charge in [0.05, 0.1) is 63.4 Å². The SMILES string of the molecule is C[C@@H]1C[C@]2(C[C@@H](C)[C@@]3(C[C@@]4(C)CCC5=C(CC[C@H]6[C@@](C)(CO)[C@@H](O[C@@H]7O[C@H](CO[C@@H]8OC[C@H](O)[C@H](O)[C@H]8O[C@@H]8O[C@H](CO)[C@@H](O)[C@H](O[C@@H]9O[C@H](CO)[C@@H](O)[C@H](O)[C@H]9O[C@@H]9O[C@H](CO)[C@@H](O)[C@H](O)[C@H]9O)[C@H]8O[C@@H]8O[C@@H](C)[C@H](O)[C@@H](O)[C@H]8O)[C@@H](O)[C@H](O)[C@H]7O)CC[C@]56C)[C@]4(C)C3)O2)OC1=O. The zero-order valence-electron chi connectivity index (χ0n) is 56.0. The van der Waals surface area contributed by atoms with Crippen LogP contribution < -0.4 is 0 Å². The second-order valence-corrected chi connectivity index (χ2v) is 31.1. The fourth-order valence-corrected chi connectivity index (χ4v) is 19.0. The van der Waals surface area contributed by atoms with E-state index in [1.54, 1.807) is 0 Å². The van der Waals surface area contributed by atoms with Crippen molar-refractivity contribution in [2.24, 2.45) is 39.4 Å². The summed E-state index contributed by atoms with van der Waals surface area (Å²) in [5.41, 5.74) is 0.687. The third-order valence-electron chi connectivity index (χ3n) is 25.0. The second-order valence-electron chi connectivity index (χ2n) is 31.1. The Labute approximate surface area is 565 Å². The van der Waals surface area contributed by atoms with Crippen LogP contribution in [0, 0.1) is 39.4 Å². The van der Waals surface area contributed by atoms with E-state index < -0.39 is 234 Å². The highest BCUT2D eigenvalue weighted by molar-refractivity contribution is 5.74. The number of esters is 1. The molecule has 0 amide bonds. The van der Waals surface area contributed by atoms with Crippen LogP contribution in [0.2, 0.25) is 0 Å². The quantitative estimate of drug-likeness (QED) is 0.0476. The molecule has 12 rings (SSSR count). The van der Waals surface area contributed by atoms with Crippen LogP contribution in [0.25, 0.3) is 0 Å². The van der Waals surface area contributed by atoms with E-state index >= 15 is 0 Å². The van der Waals surface area contributed by atoms with Crippen molar-refractivity contribution in [3.63, 3.8) is 0 Å². The average Bonchev–Trinajstić information content (AvgIpc) is 1.45. The van der Waals surface area contributed by atoms with Crippen molar-refractivity contribution in [1.29, 1.82) is 0 Å². The molecule has 0 aromatic heterocycles. The van der Waals surface area contributed by atoms with Crippen molar-refractivity contribution in [2.45, 2.75) is 308 Å². The summed E-state index contributed by atoms with van der Waals surface area (Å²) in [6.45, 7) is 9.76. The predicted molar refractivity (Wildman–Crippen MR) is 322 cm³/mol. The molecule has 0 aromatic carbocycles. The number of rotatable bonds is 17. The summed E-state index contributed by atoms with van der Waals surface area (Å²) in [6, 6.07) is 0. The van der Waals surface area contributed by atoms with E-state index in [9.17, 15) is 96.7 Å². The van der Waals surface area contributed by atoms with Gasteiger partial charge in [-0.15, -0.1) is 0 Å². The normalized spacial score (nSPS) is 55.9. The molecule has 18 N–H and O–H groups in total. The molecule has 8 heterocycles. The first-order valence-corrected chi connectivity index (χ1v) is 34.6. The Morgan fingerprint density at radius 2 is 1.02 bits per heavy atom. The van der Waals surface area contributed by atoms with Crippen LogP contribution >= 0.6 is 0 Å². The standard InChI is InChI=1S/C65H104O33/c1-24-14-65(97-53(24)84)15-25(2)64(98-65)21-60(4)12-10-27-28(63(60,7)22-64)8-9-34-61(27,5)13-11-35(62(34,6)23-69)92-55-47(82)44(79)40(75)33(91-55)20-86-57-50(37(72)29(70)19-85-57)95-59-52(96-54-46(81)42(77)36(71)26(3)87-54)49(41(76)32(18-68)90-59)93-58-51(45(80)39(74)31(17-67)89-58)94-56-48(83)43(78)38(73)30(16-66)88-56/h24-26,29-52,54-59,66-83H,8-23H2,1-7H3/t24-,25-,26+,29+,30-,31-,32-,33-,34-,35+,36+,37+,38-,39-,40-,41-,42-,43+,44+,45+,46-,47-,48-,49+,50-,51-,52-,54+,55+,56+,57+,58+,59+,60-,61-,62-,63+,64+,65+/m1/s1. The van der Waals surface area contributed by atoms with Crippen molar-refractivity contribution in [2.75, 3.05) is 39.6 Å². The Morgan fingerprint density at radius 1 is 0.490 bits per heavy atom. The number of hydrogen-bond donors (Lipinski definition) is 18. The van der Waals surface area contributed by atoms with E-state index in [0.29, 0.717) is 32.1 Å². The van der Waals surface area contributed by atoms with Gasteiger partial charge in [-0.25, -0.2) is 0 Å². The Balaban J connectivity index is 0.771. The number of fused-ring (bicyclic) bond motifs is 4. The Hall–Kier alpha value is -2.03. The van der Waals surface area contributed by atoms with Crippen molar-refractivity contribution in [1.82, 2.24) is 0 Å². The minimum absolute atomic E-state index is 0.100. The zero-order chi connectivity index (χ0) is 71.0. The van der Waals surface area contributed by atoms with E-state index in [1.165, 1.54) is 18.1 Å². The van der Waals surface area contributed by atoms with Crippen LogP contribution in [0.15, 0.2) is 11.1 Å². The minimum atomic E-state index is -2.16. The molecule has 562 valence electrons. The number of carbonyl (C=O) groups excluding carboxylic acids is 1. The molecule has 33 nitrogen and oxygen atoms in total. The third kappa shape index (κ3) is 12.8. The highest BCUT2D eigenvalue weighted by Crippen LogP contribution is 2.75. The van der Waals surface area contributed by atoms with Crippen LogP contribution in [-0.4, -0.2) is 333 Å². The van der Waals surface area contributed by atoms with E-state index in [-0.39, 0.29) is 46.6 Å². The largest absolute Gasteiger partial charge is 0.433 e. The molecule has 8 saturated heterocycles. The molecule has 10 fully saturated rings. The van der Waals surface area contributed by atoms with Crippen LogP contribution in [0.4, 0.5) is 0 Å². The molecule has 2 saturated carbocycles. The van der Waals surface area contributed by atoms with Crippen LogP contribution in [-0.2, 0) is 71.1 Å². The summed E-state index contributed by atoms with van der Waals surface area (Å²) in [4.78, 5) is 12.8. The maximum atomic E-state index is 12.8. The Bertz CT molecular complexity index is 2810. The van der Waals surface area contributed by atoms with Gasteiger partial charge in [-0.1, -0.05) is 52.7 Å². The number of hydrogen-bond acceptors (Lipinski definition) is 33. The van der Waals surface area contributed by atoms with Gasteiger partial charge in [-0.2, -0.15) is 0 Å². The summed E-state index contributed by atoms with van der Waals surface area (Å²) in [5, 5.41) is 200. The van der Waals surface area contributed by atoms with Gasteiger partial charge in [-0.05, 0) is 86.4 Å². The summed E-state index contributed by atoms with van der Waals surface area (Å²) in [7, 11) is 0. The topological polar surface area (TPSA) is 510 Å². The molecule has 0 unspecified atom stereocenters. The molecule has 4 aliphatic carbocycles. The highest BCUT2D eigenvalue weighted by atomic mass is 16.8. The van der Waals surface area contributed by atoms with Gasteiger partial charge in [0.15, 0.2) is 37.7 Å². The van der Waals surface area contributed by atoms with Gasteiger partial charge < -0.3 is 158 Å². The predicted octanol–water partition coefficient (Wildman–Crippen LogP) is -5.86. The van der Waals surface area contributed by atoms with E-state index in [0.717, 1.165) is 32.1 Å². The number of aliphatic hydroxyl groups excluding tert-OH is 18. The van der Waals surface area contributed by atoms with Crippen LogP contribution in [0.1, 0.15) is 113 Å². The molecule has 0 aromatic rings. The minimum Gasteiger partial charge on any atom is -0.433 e. The van der Waals surface area contributed by atoms with Crippen LogP contribution in [0.5, 0.6) is 0 Å². The fraction of sp³-hybridized carbons (Fsp3) is 0.954. The average molecular weight is 1410 g/mol. The lowest BCUT2D eigenvalue weighted by Crippen LogP contribution is -2.69. The first-order valence-electron chi connectivity index (χ1n) is 34.6. The van der Waals surface area contributed by atoms with E-state index in [4.69, 9.17) is 66.3 Å². The molecular formula is C65H104O33. The Morgan fingerprint density at radius 3 is 1.64 bits per heavy atom. The van der Waals surface area contributed by atoms with E-state index in [2.05, 4.69) is 27.7 Å². The lowest BCUT2D eigenvalue weighted by molar-refractivity contribution is -0.414. The van der Waals surface area contributed by atoms with Crippen molar-refractivity contribution in [3.8, 4) is 0 Å². The maximum Gasteiger partial charge on any atom is 0.311 e. The number of allylic oxidation sites excluding steroid dienone is 2. The molecule has 12 aliphatic rings. The smallest absolute Gasteiger partial charge is 0.311 e. The summed E-state index contributed by atoms with van der Waals surface area (Å²) in [5.74, 6) is -1.36. The van der Waals surface area contributed by atoms with Crippen molar-refractivity contribution in [3.05, 3.63) is 11.1 Å². The first-order chi connectivity index (χ1) is 46.2. The number of ether oxygens (including phenoxy) is 14. The van der Waals surface area contributed by atoms with Gasteiger partial charge in [0.25, 0.3) is 0 Å². The van der Waals surface area contributed by atoms with Gasteiger partial charge >= 0.3 is 5.97 Å². The zero-order valence-corrected chi connectivity index (χ0v) is 56.0. The van der Waals surface area contributed by atoms with Gasteiger partial charge in [0.2, 0.25) is 5.79 Å². The molecule has 0 bridgehead atoms. The summed E-state index contributed by atoms with van der Waals surface area (Å²) >= 11 is 0. The molecule has 39 atom stereocenters. The fourth-order valence-electron chi connectivity index (χ4n) is 19.0. The molecule has 0 radical (unpaired) electrons. The molecule has 2 spiro atoms. The van der Waals surface area contributed by atoms with Gasteiger partial charge in [-0.3, -0.25) is 4.79 Å². The molecule has 33 heteroatoms. The molecule has 8 aliphatic heterocycles. The molecule has 98 heavy (non-hydrogen) atoms. The lowest BCUT2D eigenvalue weighted by atomic mass is 9.44. The van der Waals surface area contributed by atoms with Crippen LogP contribution in [0.3, 0.4) is 0 Å². The highest BCUT2D eigenvalue weighted by Gasteiger charge is 2.72. The monoisotopic (exact) mass is 1410 g/mol. The lowest BCUT2D eigenvalue weighted by Gasteiger charge is -2.62. The second kappa shape index (κ2) is 28.4. The summed E-state index contributed by atoms with van der Waals surface area (Å²) in [6.07, 6.45) is -49.0. The van der Waals surface area contributed by atoms with Gasteiger partial charge in [0.1, 0.15) is 134 Å². The number of carbonyl (C=O) groups is 1. The first kappa shape index (κ1) is 75.6. The maximum absolute atomic E-state index is 12.8. The van der Waals surface area contributed by atoms with E-state index in [1.807, 2.05) is 13.8 Å². The van der Waals surface area contributed by atoms with Crippen molar-refractivity contribution >= 4 is 5.97 Å². The van der Waals surface area contributed by atoms with Gasteiger partial charge in [0, 0.05) is 18.3 Å². The number of aliphatic hydroxyl groups is 18. The Kier molecular flexibility index (Phi) is 21.9. The van der Waals surface area contributed by atoms with Crippen molar-refractivity contribution < 1.29 is 163 Å².